The molecule has 4 heterocycles. The first-order chi connectivity index (χ1) is 14.1. The molecule has 146 valence electrons. The van der Waals surface area contributed by atoms with E-state index in [1.54, 1.807) is 18.2 Å². The number of benzene rings is 2. The third-order valence-electron chi connectivity index (χ3n) is 5.86. The first-order valence-electron chi connectivity index (χ1n) is 9.79. The van der Waals surface area contributed by atoms with Crippen LogP contribution in [0.4, 0.5) is 0 Å². The molecule has 1 amide bonds. The number of carboxylic acid groups (broad SMARTS) is 1. The van der Waals surface area contributed by atoms with Gasteiger partial charge in [-0.15, -0.1) is 11.3 Å². The molecule has 0 radical (unpaired) electrons. The second-order valence-corrected chi connectivity index (χ2v) is 8.73. The van der Waals surface area contributed by atoms with Gasteiger partial charge in [-0.05, 0) is 60.6 Å². The number of nitrogens with zero attached hydrogens (tertiary/aromatic N) is 2. The number of fused-ring (bicyclic) bond motifs is 4. The van der Waals surface area contributed by atoms with Crippen molar-refractivity contribution in [3.05, 3.63) is 59.0 Å². The SMILES string of the molecule is O=C(O)c1cccc(-c2cccc3cc(C(=O)N=C4CN5CCC4CC5)sc23)c1. The summed E-state index contributed by atoms with van der Waals surface area (Å²) >= 11 is 1.43. The van der Waals surface area contributed by atoms with Crippen molar-refractivity contribution in [1.82, 2.24) is 4.90 Å². The number of hydrogen-bond acceptors (Lipinski definition) is 4. The Kier molecular flexibility index (Phi) is 4.53. The minimum Gasteiger partial charge on any atom is -0.478 e. The van der Waals surface area contributed by atoms with E-state index in [1.165, 1.54) is 11.3 Å². The van der Waals surface area contributed by atoms with Crippen molar-refractivity contribution in [1.29, 1.82) is 0 Å². The molecule has 0 saturated carbocycles. The smallest absolute Gasteiger partial charge is 0.335 e. The van der Waals surface area contributed by atoms with Gasteiger partial charge in [0.15, 0.2) is 0 Å². The summed E-state index contributed by atoms with van der Waals surface area (Å²) in [5.41, 5.74) is 3.05. The van der Waals surface area contributed by atoms with Gasteiger partial charge in [0.2, 0.25) is 0 Å². The van der Waals surface area contributed by atoms with E-state index in [-0.39, 0.29) is 11.5 Å². The average Bonchev–Trinajstić information content (AvgIpc) is 3.19. The lowest BCUT2D eigenvalue weighted by atomic mass is 9.86. The van der Waals surface area contributed by atoms with Gasteiger partial charge in [0.25, 0.3) is 5.91 Å². The molecule has 2 aromatic carbocycles. The molecule has 3 aliphatic heterocycles. The van der Waals surface area contributed by atoms with Crippen LogP contribution >= 0.6 is 11.3 Å². The third-order valence-corrected chi connectivity index (χ3v) is 7.04. The van der Waals surface area contributed by atoms with E-state index in [1.807, 2.05) is 30.3 Å². The molecule has 3 fully saturated rings. The van der Waals surface area contributed by atoms with Gasteiger partial charge < -0.3 is 5.11 Å². The zero-order chi connectivity index (χ0) is 20.0. The summed E-state index contributed by atoms with van der Waals surface area (Å²) in [6.45, 7) is 3.04. The van der Waals surface area contributed by atoms with Crippen LogP contribution in [0.3, 0.4) is 0 Å². The lowest BCUT2D eigenvalue weighted by molar-refractivity contribution is 0.0696. The Balaban J connectivity index is 1.51. The Morgan fingerprint density at radius 2 is 1.86 bits per heavy atom. The number of rotatable bonds is 3. The Bertz CT molecular complexity index is 1160. The van der Waals surface area contributed by atoms with Crippen molar-refractivity contribution in [3.8, 4) is 11.1 Å². The van der Waals surface area contributed by atoms with Gasteiger partial charge in [0.05, 0.1) is 10.4 Å². The number of piperidine rings is 3. The summed E-state index contributed by atoms with van der Waals surface area (Å²) in [4.78, 5) is 31.7. The van der Waals surface area contributed by atoms with Crippen molar-refractivity contribution < 1.29 is 14.7 Å². The van der Waals surface area contributed by atoms with E-state index in [0.29, 0.717) is 10.8 Å². The summed E-state index contributed by atoms with van der Waals surface area (Å²) in [5, 5.41) is 10.3. The molecule has 0 spiro atoms. The zero-order valence-corrected chi connectivity index (χ0v) is 16.6. The highest BCUT2D eigenvalue weighted by atomic mass is 32.1. The summed E-state index contributed by atoms with van der Waals surface area (Å²) < 4.78 is 0.979. The number of carbonyl (C=O) groups excluding carboxylic acids is 1. The van der Waals surface area contributed by atoms with E-state index >= 15 is 0 Å². The minimum absolute atomic E-state index is 0.166. The molecule has 6 rings (SSSR count). The van der Waals surface area contributed by atoms with Crippen LogP contribution in [0.25, 0.3) is 21.2 Å². The fourth-order valence-corrected chi connectivity index (χ4v) is 5.39. The van der Waals surface area contributed by atoms with Crippen LogP contribution in [0.15, 0.2) is 53.5 Å². The van der Waals surface area contributed by atoms with Gasteiger partial charge in [-0.25, -0.2) is 9.79 Å². The minimum atomic E-state index is -0.950. The summed E-state index contributed by atoms with van der Waals surface area (Å²) in [7, 11) is 0. The van der Waals surface area contributed by atoms with Crippen LogP contribution in [0.1, 0.15) is 32.9 Å². The maximum absolute atomic E-state index is 12.9. The second kappa shape index (κ2) is 7.21. The maximum atomic E-state index is 12.9. The van der Waals surface area contributed by atoms with Crippen LogP contribution < -0.4 is 0 Å². The van der Waals surface area contributed by atoms with E-state index in [4.69, 9.17) is 0 Å². The molecule has 5 nitrogen and oxygen atoms in total. The summed E-state index contributed by atoms with van der Waals surface area (Å²) in [6.07, 6.45) is 2.20. The largest absolute Gasteiger partial charge is 0.478 e. The topological polar surface area (TPSA) is 70.0 Å². The predicted molar refractivity (Wildman–Crippen MR) is 115 cm³/mol. The lowest BCUT2D eigenvalue weighted by Crippen LogP contribution is -2.48. The molecule has 0 unspecified atom stereocenters. The summed E-state index contributed by atoms with van der Waals surface area (Å²) in [6, 6.07) is 14.7. The van der Waals surface area contributed by atoms with Gasteiger partial charge in [-0.3, -0.25) is 9.69 Å². The van der Waals surface area contributed by atoms with Crippen molar-refractivity contribution >= 4 is 39.0 Å². The Labute approximate surface area is 172 Å². The van der Waals surface area contributed by atoms with Gasteiger partial charge >= 0.3 is 5.97 Å². The highest BCUT2D eigenvalue weighted by Gasteiger charge is 2.31. The number of aliphatic imine (C=N–C) groups is 1. The molecule has 0 aliphatic carbocycles. The Morgan fingerprint density at radius 3 is 2.59 bits per heavy atom. The average molecular weight is 404 g/mol. The van der Waals surface area contributed by atoms with Gasteiger partial charge in [-0.1, -0.05) is 30.3 Å². The molecule has 6 heteroatoms. The molecule has 3 aliphatic rings. The highest BCUT2D eigenvalue weighted by molar-refractivity contribution is 7.21. The van der Waals surface area contributed by atoms with Crippen LogP contribution in [0.5, 0.6) is 0 Å². The summed E-state index contributed by atoms with van der Waals surface area (Å²) in [5.74, 6) is -0.665. The number of amides is 1. The first-order valence-corrected chi connectivity index (χ1v) is 10.6. The second-order valence-electron chi connectivity index (χ2n) is 7.68. The van der Waals surface area contributed by atoms with Crippen molar-refractivity contribution in [3.63, 3.8) is 0 Å². The number of thiophene rings is 1. The monoisotopic (exact) mass is 404 g/mol. The van der Waals surface area contributed by atoms with E-state index in [0.717, 1.165) is 59.4 Å². The number of aromatic carboxylic acids is 1. The van der Waals surface area contributed by atoms with Crippen molar-refractivity contribution in [2.45, 2.75) is 12.8 Å². The quantitative estimate of drug-likeness (QED) is 0.694. The predicted octanol–water partition coefficient (Wildman–Crippen LogP) is 4.57. The molecular weight excluding hydrogens is 384 g/mol. The van der Waals surface area contributed by atoms with E-state index in [2.05, 4.69) is 9.89 Å². The molecule has 1 N–H and O–H groups in total. The lowest BCUT2D eigenvalue weighted by Gasteiger charge is -2.39. The van der Waals surface area contributed by atoms with Gasteiger partial charge in [0.1, 0.15) is 0 Å². The zero-order valence-electron chi connectivity index (χ0n) is 15.8. The molecule has 3 aromatic rings. The van der Waals surface area contributed by atoms with Crippen LogP contribution in [0, 0.1) is 5.92 Å². The van der Waals surface area contributed by atoms with Crippen molar-refractivity contribution in [2.75, 3.05) is 19.6 Å². The van der Waals surface area contributed by atoms with Crippen LogP contribution in [-0.2, 0) is 0 Å². The van der Waals surface area contributed by atoms with E-state index < -0.39 is 5.97 Å². The molecule has 1 aromatic heterocycles. The third kappa shape index (κ3) is 3.39. The fourth-order valence-electron chi connectivity index (χ4n) is 4.31. The fraction of sp³-hybridized carbons (Fsp3) is 0.261. The standard InChI is InChI=1S/C23H20N2O3S/c26-22(24-19-13-25-9-7-14(19)8-10-25)20-12-16-4-2-6-18(21(16)29-20)15-3-1-5-17(11-15)23(27)28/h1-6,11-12,14H,7-10,13H2,(H,27,28). The van der Waals surface area contributed by atoms with Crippen LogP contribution in [-0.4, -0.2) is 47.2 Å². The van der Waals surface area contributed by atoms with Crippen LogP contribution in [0.2, 0.25) is 0 Å². The number of carboxylic acids is 1. The first kappa shape index (κ1) is 18.2. The maximum Gasteiger partial charge on any atom is 0.335 e. The number of hydrogen-bond donors (Lipinski definition) is 1. The molecule has 3 saturated heterocycles. The molecule has 0 atom stereocenters. The number of carbonyl (C=O) groups is 2. The molecule has 2 bridgehead atoms. The molecule has 29 heavy (non-hydrogen) atoms. The van der Waals surface area contributed by atoms with Crippen molar-refractivity contribution in [2.24, 2.45) is 10.9 Å². The van der Waals surface area contributed by atoms with E-state index in [9.17, 15) is 14.7 Å². The normalized spacial score (nSPS) is 22.3. The highest BCUT2D eigenvalue weighted by Crippen LogP contribution is 2.36. The Hall–Kier alpha value is -2.83. The Morgan fingerprint density at radius 1 is 1.07 bits per heavy atom. The molecular formula is C23H20N2O3S. The van der Waals surface area contributed by atoms with Gasteiger partial charge in [-0.2, -0.15) is 0 Å². The van der Waals surface area contributed by atoms with Gasteiger partial charge in [0, 0.05) is 22.9 Å².